The van der Waals surface area contributed by atoms with Crippen molar-refractivity contribution in [1.29, 1.82) is 0 Å². The Bertz CT molecular complexity index is 1150. The van der Waals surface area contributed by atoms with E-state index in [0.717, 1.165) is 40.0 Å². The summed E-state index contributed by atoms with van der Waals surface area (Å²) in [6.45, 7) is 6.77. The number of hydrogen-bond donors (Lipinski definition) is 2. The summed E-state index contributed by atoms with van der Waals surface area (Å²) in [4.78, 5) is 20.7. The smallest absolute Gasteiger partial charge is 0.255 e. The highest BCUT2D eigenvalue weighted by molar-refractivity contribution is 9.10. The second-order valence-electron chi connectivity index (χ2n) is 8.10. The molecular formula is C21H23BrN6O. The summed E-state index contributed by atoms with van der Waals surface area (Å²) in [6, 6.07) is 9.74. The van der Waals surface area contributed by atoms with Gasteiger partial charge in [-0.3, -0.25) is 9.20 Å². The Morgan fingerprint density at radius 3 is 2.79 bits per heavy atom. The number of aryl methyl sites for hydroxylation is 1. The van der Waals surface area contributed by atoms with E-state index in [9.17, 15) is 4.79 Å². The molecule has 1 aromatic carbocycles. The highest BCUT2D eigenvalue weighted by atomic mass is 79.9. The number of carbonyl (C=O) groups excluding carboxylic acids is 1. The van der Waals surface area contributed by atoms with Crippen LogP contribution in [0, 0.1) is 0 Å². The SMILES string of the molecule is CC(C)(C)c1nnc2c(C(=O)NCCCc3nc4ccccc4[nH]3)cc(Br)cn12. The van der Waals surface area contributed by atoms with Gasteiger partial charge in [0.2, 0.25) is 0 Å². The number of benzene rings is 1. The number of imidazole rings is 1. The van der Waals surface area contributed by atoms with Crippen LogP contribution < -0.4 is 5.32 Å². The molecule has 3 aromatic heterocycles. The van der Waals surface area contributed by atoms with E-state index in [2.05, 4.69) is 62.2 Å². The zero-order chi connectivity index (χ0) is 20.6. The van der Waals surface area contributed by atoms with Gasteiger partial charge in [0.15, 0.2) is 5.65 Å². The molecular weight excluding hydrogens is 432 g/mol. The van der Waals surface area contributed by atoms with Crippen molar-refractivity contribution in [3.05, 3.63) is 58.2 Å². The highest BCUT2D eigenvalue weighted by Crippen LogP contribution is 2.24. The molecule has 2 N–H and O–H groups in total. The van der Waals surface area contributed by atoms with Crippen molar-refractivity contribution in [2.75, 3.05) is 6.54 Å². The molecule has 0 spiro atoms. The Morgan fingerprint density at radius 1 is 1.24 bits per heavy atom. The topological polar surface area (TPSA) is 88.0 Å². The number of amides is 1. The summed E-state index contributed by atoms with van der Waals surface area (Å²) in [7, 11) is 0. The number of halogens is 1. The van der Waals surface area contributed by atoms with Crippen molar-refractivity contribution >= 4 is 38.5 Å². The van der Waals surface area contributed by atoms with Gasteiger partial charge in [0.1, 0.15) is 11.6 Å². The molecule has 0 aliphatic heterocycles. The Balaban J connectivity index is 1.44. The molecule has 0 atom stereocenters. The third-order valence-electron chi connectivity index (χ3n) is 4.70. The van der Waals surface area contributed by atoms with E-state index in [1.807, 2.05) is 34.9 Å². The quantitative estimate of drug-likeness (QED) is 0.445. The van der Waals surface area contributed by atoms with Gasteiger partial charge in [-0.05, 0) is 40.5 Å². The molecule has 3 heterocycles. The van der Waals surface area contributed by atoms with Crippen molar-refractivity contribution in [3.63, 3.8) is 0 Å². The number of rotatable bonds is 5. The van der Waals surface area contributed by atoms with Gasteiger partial charge in [-0.1, -0.05) is 32.9 Å². The molecule has 4 rings (SSSR count). The molecule has 0 unspecified atom stereocenters. The van der Waals surface area contributed by atoms with Crippen LogP contribution in [-0.4, -0.2) is 37.0 Å². The fraction of sp³-hybridized carbons (Fsp3) is 0.333. The minimum atomic E-state index is -0.180. The molecule has 0 saturated carbocycles. The van der Waals surface area contributed by atoms with Crippen molar-refractivity contribution in [2.45, 2.75) is 39.0 Å². The maximum atomic E-state index is 12.8. The fourth-order valence-electron chi connectivity index (χ4n) is 3.32. The number of aromatic nitrogens is 5. The number of pyridine rings is 1. The Labute approximate surface area is 177 Å². The van der Waals surface area contributed by atoms with Crippen molar-refractivity contribution in [3.8, 4) is 0 Å². The van der Waals surface area contributed by atoms with Gasteiger partial charge in [-0.2, -0.15) is 0 Å². The van der Waals surface area contributed by atoms with Gasteiger partial charge in [-0.25, -0.2) is 4.98 Å². The van der Waals surface area contributed by atoms with Crippen LogP contribution in [-0.2, 0) is 11.8 Å². The Morgan fingerprint density at radius 2 is 2.03 bits per heavy atom. The van der Waals surface area contributed by atoms with Crippen LogP contribution in [0.5, 0.6) is 0 Å². The lowest BCUT2D eigenvalue weighted by Gasteiger charge is -2.16. The Kier molecular flexibility index (Phi) is 5.12. The number of para-hydroxylation sites is 2. The molecule has 1 amide bonds. The van der Waals surface area contributed by atoms with E-state index in [1.54, 1.807) is 6.07 Å². The molecule has 0 aliphatic rings. The standard InChI is InChI=1S/C21H23BrN6O/c1-21(2,3)20-27-26-18-14(11-13(22)12-28(18)20)19(29)23-10-6-9-17-24-15-7-4-5-8-16(15)25-17/h4-5,7-8,11-12H,6,9-10H2,1-3H3,(H,23,29)(H,24,25). The summed E-state index contributed by atoms with van der Waals surface area (Å²) < 4.78 is 2.69. The summed E-state index contributed by atoms with van der Waals surface area (Å²) in [5.41, 5.74) is 2.88. The predicted molar refractivity (Wildman–Crippen MR) is 116 cm³/mol. The molecule has 0 aliphatic carbocycles. The van der Waals surface area contributed by atoms with Crippen LogP contribution in [0.4, 0.5) is 0 Å². The number of aromatic amines is 1. The first-order chi connectivity index (χ1) is 13.8. The molecule has 0 fully saturated rings. The van der Waals surface area contributed by atoms with Crippen LogP contribution in [0.3, 0.4) is 0 Å². The van der Waals surface area contributed by atoms with Crippen molar-refractivity contribution < 1.29 is 4.79 Å². The van der Waals surface area contributed by atoms with Crippen LogP contribution in [0.2, 0.25) is 0 Å². The normalized spacial score (nSPS) is 12.0. The molecule has 4 aromatic rings. The maximum absolute atomic E-state index is 12.8. The van der Waals surface area contributed by atoms with Gasteiger partial charge in [-0.15, -0.1) is 10.2 Å². The monoisotopic (exact) mass is 454 g/mol. The summed E-state index contributed by atoms with van der Waals surface area (Å²) in [6.07, 6.45) is 3.45. The predicted octanol–water partition coefficient (Wildman–Crippen LogP) is 4.03. The third kappa shape index (κ3) is 4.03. The van der Waals surface area contributed by atoms with Crippen molar-refractivity contribution in [1.82, 2.24) is 29.9 Å². The molecule has 7 nitrogen and oxygen atoms in total. The second kappa shape index (κ2) is 7.59. The number of nitrogens with one attached hydrogen (secondary N) is 2. The van der Waals surface area contributed by atoms with E-state index in [0.29, 0.717) is 17.8 Å². The summed E-state index contributed by atoms with van der Waals surface area (Å²) >= 11 is 3.50. The van der Waals surface area contributed by atoms with E-state index < -0.39 is 0 Å². The number of fused-ring (bicyclic) bond motifs is 2. The fourth-order valence-corrected chi connectivity index (χ4v) is 3.75. The third-order valence-corrected chi connectivity index (χ3v) is 5.13. The zero-order valence-electron chi connectivity index (χ0n) is 16.7. The molecule has 8 heteroatoms. The lowest BCUT2D eigenvalue weighted by atomic mass is 9.96. The molecule has 0 radical (unpaired) electrons. The maximum Gasteiger partial charge on any atom is 0.255 e. The first-order valence-electron chi connectivity index (χ1n) is 9.59. The van der Waals surface area contributed by atoms with Crippen LogP contribution in [0.25, 0.3) is 16.7 Å². The first kappa shape index (κ1) is 19.6. The van der Waals surface area contributed by atoms with Crippen LogP contribution in [0.15, 0.2) is 41.0 Å². The van der Waals surface area contributed by atoms with Gasteiger partial charge in [0.25, 0.3) is 5.91 Å². The second-order valence-corrected chi connectivity index (χ2v) is 9.01. The summed E-state index contributed by atoms with van der Waals surface area (Å²) in [5, 5.41) is 11.6. The van der Waals surface area contributed by atoms with Crippen molar-refractivity contribution in [2.24, 2.45) is 0 Å². The van der Waals surface area contributed by atoms with E-state index in [-0.39, 0.29) is 11.3 Å². The minimum absolute atomic E-state index is 0.159. The molecule has 0 bridgehead atoms. The van der Waals surface area contributed by atoms with Crippen LogP contribution in [0.1, 0.15) is 49.2 Å². The lowest BCUT2D eigenvalue weighted by Crippen LogP contribution is -2.25. The van der Waals surface area contributed by atoms with Gasteiger partial charge < -0.3 is 10.3 Å². The molecule has 29 heavy (non-hydrogen) atoms. The first-order valence-corrected chi connectivity index (χ1v) is 10.4. The average Bonchev–Trinajstić information content (AvgIpc) is 3.27. The number of H-pyrrole nitrogens is 1. The van der Waals surface area contributed by atoms with E-state index in [1.165, 1.54) is 0 Å². The van der Waals surface area contributed by atoms with Crippen LogP contribution >= 0.6 is 15.9 Å². The lowest BCUT2D eigenvalue weighted by molar-refractivity contribution is 0.0954. The van der Waals surface area contributed by atoms with Gasteiger partial charge in [0.05, 0.1) is 16.6 Å². The number of nitrogens with zero attached hydrogens (tertiary/aromatic N) is 4. The van der Waals surface area contributed by atoms with E-state index >= 15 is 0 Å². The number of hydrogen-bond acceptors (Lipinski definition) is 4. The summed E-state index contributed by atoms with van der Waals surface area (Å²) in [5.74, 6) is 1.58. The highest BCUT2D eigenvalue weighted by Gasteiger charge is 2.23. The number of carbonyl (C=O) groups is 1. The minimum Gasteiger partial charge on any atom is -0.352 e. The van der Waals surface area contributed by atoms with E-state index in [4.69, 9.17) is 0 Å². The average molecular weight is 455 g/mol. The zero-order valence-corrected chi connectivity index (χ0v) is 18.2. The Hall–Kier alpha value is -2.74. The molecule has 0 saturated heterocycles. The van der Waals surface area contributed by atoms with Gasteiger partial charge >= 0.3 is 0 Å². The largest absolute Gasteiger partial charge is 0.352 e. The van der Waals surface area contributed by atoms with Gasteiger partial charge in [0, 0.05) is 29.1 Å². The molecule has 150 valence electrons.